The molecule has 3 heterocycles. The Balaban J connectivity index is 1.94. The van der Waals surface area contributed by atoms with Crippen LogP contribution < -0.4 is 0 Å². The summed E-state index contributed by atoms with van der Waals surface area (Å²) in [5.41, 5.74) is 1.49. The first-order valence-corrected chi connectivity index (χ1v) is 7.08. The first kappa shape index (κ1) is 15.7. The van der Waals surface area contributed by atoms with Crippen LogP contribution in [-0.4, -0.2) is 30.7 Å². The second-order valence-electron chi connectivity index (χ2n) is 4.97. The molecule has 0 saturated heterocycles. The molecule has 124 valence electrons. The largest absolute Gasteiger partial charge is 0.463 e. The Kier molecular flexibility index (Phi) is 3.99. The van der Waals surface area contributed by atoms with Crippen molar-refractivity contribution in [1.29, 1.82) is 0 Å². The molecule has 0 fully saturated rings. The lowest BCUT2D eigenvalue weighted by Gasteiger charge is -2.04. The molecule has 0 aliphatic carbocycles. The number of ether oxygens (including phenoxy) is 2. The Labute approximate surface area is 137 Å². The molecule has 0 amide bonds. The minimum absolute atomic E-state index is 0.126. The summed E-state index contributed by atoms with van der Waals surface area (Å²) in [6.45, 7) is 0. The highest BCUT2D eigenvalue weighted by molar-refractivity contribution is 5.87. The van der Waals surface area contributed by atoms with E-state index in [4.69, 9.17) is 8.83 Å². The van der Waals surface area contributed by atoms with Crippen molar-refractivity contribution in [2.75, 3.05) is 14.2 Å². The third-order valence-corrected chi connectivity index (χ3v) is 3.61. The van der Waals surface area contributed by atoms with Crippen molar-refractivity contribution in [3.8, 4) is 22.9 Å². The summed E-state index contributed by atoms with van der Waals surface area (Å²) in [4.78, 5) is 23.0. The van der Waals surface area contributed by atoms with Crippen molar-refractivity contribution in [3.63, 3.8) is 0 Å². The highest BCUT2D eigenvalue weighted by Crippen LogP contribution is 2.30. The van der Waals surface area contributed by atoms with Gasteiger partial charge >= 0.3 is 11.9 Å². The number of aromatic nitrogens is 1. The number of rotatable bonds is 4. The summed E-state index contributed by atoms with van der Waals surface area (Å²) in [5.74, 6) is 0.212. The van der Waals surface area contributed by atoms with Crippen LogP contribution in [0.1, 0.15) is 21.1 Å². The van der Waals surface area contributed by atoms with Crippen molar-refractivity contribution in [2.45, 2.75) is 0 Å². The highest BCUT2D eigenvalue weighted by Gasteiger charge is 2.18. The SMILES string of the molecule is COC(=O)c1ccc(-c2ccc(-c3ccc(C(=O)OC)o3)n2C)o1. The van der Waals surface area contributed by atoms with Gasteiger partial charge in [-0.05, 0) is 36.4 Å². The maximum atomic E-state index is 11.5. The van der Waals surface area contributed by atoms with Crippen LogP contribution in [0.25, 0.3) is 22.9 Å². The molecule has 7 heteroatoms. The van der Waals surface area contributed by atoms with Crippen LogP contribution in [0.5, 0.6) is 0 Å². The van der Waals surface area contributed by atoms with Gasteiger partial charge < -0.3 is 22.9 Å². The number of hydrogen-bond donors (Lipinski definition) is 0. The smallest absolute Gasteiger partial charge is 0.373 e. The molecule has 0 unspecified atom stereocenters. The van der Waals surface area contributed by atoms with E-state index < -0.39 is 11.9 Å². The van der Waals surface area contributed by atoms with Crippen molar-refractivity contribution >= 4 is 11.9 Å². The fourth-order valence-electron chi connectivity index (χ4n) is 2.38. The molecule has 0 N–H and O–H groups in total. The normalized spacial score (nSPS) is 10.6. The van der Waals surface area contributed by atoms with E-state index in [1.165, 1.54) is 14.2 Å². The minimum atomic E-state index is -0.538. The summed E-state index contributed by atoms with van der Waals surface area (Å²) in [6.07, 6.45) is 0. The topological polar surface area (TPSA) is 83.8 Å². The molecule has 3 aromatic heterocycles. The minimum Gasteiger partial charge on any atom is -0.463 e. The average Bonchev–Trinajstić information content (AvgIpc) is 3.31. The molecule has 0 aliphatic rings. The summed E-state index contributed by atoms with van der Waals surface area (Å²) < 4.78 is 22.1. The molecule has 0 bridgehead atoms. The molecule has 0 aliphatic heterocycles. The second kappa shape index (κ2) is 6.11. The average molecular weight is 329 g/mol. The van der Waals surface area contributed by atoms with Gasteiger partial charge in [-0.3, -0.25) is 0 Å². The monoisotopic (exact) mass is 329 g/mol. The lowest BCUT2D eigenvalue weighted by Crippen LogP contribution is -1.98. The van der Waals surface area contributed by atoms with Crippen LogP contribution in [0.4, 0.5) is 0 Å². The number of furan rings is 2. The van der Waals surface area contributed by atoms with Gasteiger partial charge in [-0.25, -0.2) is 9.59 Å². The van der Waals surface area contributed by atoms with Crippen LogP contribution in [0.15, 0.2) is 45.2 Å². The number of carbonyl (C=O) groups excluding carboxylic acids is 2. The van der Waals surface area contributed by atoms with Gasteiger partial charge in [0.1, 0.15) is 0 Å². The van der Waals surface area contributed by atoms with Crippen LogP contribution in [0.3, 0.4) is 0 Å². The van der Waals surface area contributed by atoms with E-state index in [9.17, 15) is 9.59 Å². The highest BCUT2D eigenvalue weighted by atomic mass is 16.5. The molecule has 0 atom stereocenters. The summed E-state index contributed by atoms with van der Waals surface area (Å²) in [6, 6.07) is 10.1. The van der Waals surface area contributed by atoms with Gasteiger partial charge in [0, 0.05) is 7.05 Å². The Morgan fingerprint density at radius 1 is 0.792 bits per heavy atom. The lowest BCUT2D eigenvalue weighted by atomic mass is 10.3. The summed E-state index contributed by atoms with van der Waals surface area (Å²) >= 11 is 0. The van der Waals surface area contributed by atoms with Crippen LogP contribution in [0, 0.1) is 0 Å². The number of hydrogen-bond acceptors (Lipinski definition) is 6. The van der Waals surface area contributed by atoms with Gasteiger partial charge in [-0.2, -0.15) is 0 Å². The third-order valence-electron chi connectivity index (χ3n) is 3.61. The van der Waals surface area contributed by atoms with E-state index in [1.54, 1.807) is 24.3 Å². The zero-order chi connectivity index (χ0) is 17.3. The molecule has 24 heavy (non-hydrogen) atoms. The maximum absolute atomic E-state index is 11.5. The van der Waals surface area contributed by atoms with Crippen molar-refractivity contribution in [3.05, 3.63) is 47.9 Å². The molecular weight excluding hydrogens is 314 g/mol. The van der Waals surface area contributed by atoms with E-state index in [2.05, 4.69) is 9.47 Å². The van der Waals surface area contributed by atoms with Crippen molar-refractivity contribution < 1.29 is 27.9 Å². The Morgan fingerprint density at radius 2 is 1.21 bits per heavy atom. The number of nitrogens with zero attached hydrogens (tertiary/aromatic N) is 1. The van der Waals surface area contributed by atoms with Crippen LogP contribution >= 0.6 is 0 Å². The maximum Gasteiger partial charge on any atom is 0.373 e. The predicted molar refractivity (Wildman–Crippen MR) is 83.5 cm³/mol. The van der Waals surface area contributed by atoms with Crippen LogP contribution in [0.2, 0.25) is 0 Å². The summed E-state index contributed by atoms with van der Waals surface area (Å²) in [5, 5.41) is 0. The van der Waals surface area contributed by atoms with E-state index in [0.717, 1.165) is 11.4 Å². The fraction of sp³-hybridized carbons (Fsp3) is 0.176. The van der Waals surface area contributed by atoms with Gasteiger partial charge in [-0.15, -0.1) is 0 Å². The van der Waals surface area contributed by atoms with E-state index >= 15 is 0 Å². The van der Waals surface area contributed by atoms with Crippen molar-refractivity contribution in [1.82, 2.24) is 4.57 Å². The molecule has 7 nitrogen and oxygen atoms in total. The van der Waals surface area contributed by atoms with Crippen molar-refractivity contribution in [2.24, 2.45) is 7.05 Å². The third kappa shape index (κ3) is 2.60. The Hall–Kier alpha value is -3.22. The number of esters is 2. The zero-order valence-electron chi connectivity index (χ0n) is 13.4. The summed E-state index contributed by atoms with van der Waals surface area (Å²) in [7, 11) is 4.41. The van der Waals surface area contributed by atoms with Gasteiger partial charge in [0.2, 0.25) is 11.5 Å². The van der Waals surface area contributed by atoms with Crippen LogP contribution in [-0.2, 0) is 16.5 Å². The van der Waals surface area contributed by atoms with Gasteiger partial charge in [0.15, 0.2) is 11.5 Å². The molecule has 3 aromatic rings. The molecule has 0 aromatic carbocycles. The Bertz CT molecular complexity index is 826. The van der Waals surface area contributed by atoms with Gasteiger partial charge in [-0.1, -0.05) is 0 Å². The Morgan fingerprint density at radius 3 is 1.58 bits per heavy atom. The fourth-order valence-corrected chi connectivity index (χ4v) is 2.38. The zero-order valence-corrected chi connectivity index (χ0v) is 13.4. The molecule has 0 spiro atoms. The van der Waals surface area contributed by atoms with Gasteiger partial charge in [0.25, 0.3) is 0 Å². The quantitative estimate of drug-likeness (QED) is 0.684. The molecule has 0 saturated carbocycles. The standard InChI is InChI=1S/C17H15NO6/c1-18-10(12-6-8-14(23-12)16(19)21-2)4-5-11(18)13-7-9-15(24-13)17(20)22-3/h4-9H,1-3H3. The van der Waals surface area contributed by atoms with Gasteiger partial charge in [0.05, 0.1) is 25.6 Å². The first-order valence-electron chi connectivity index (χ1n) is 7.08. The molecular formula is C17H15NO6. The second-order valence-corrected chi connectivity index (χ2v) is 4.97. The van der Waals surface area contributed by atoms with E-state index in [-0.39, 0.29) is 11.5 Å². The molecule has 0 radical (unpaired) electrons. The first-order chi connectivity index (χ1) is 11.5. The predicted octanol–water partition coefficient (Wildman–Crippen LogP) is 3.12. The number of methoxy groups -OCH3 is 2. The molecule has 3 rings (SSSR count). The van der Waals surface area contributed by atoms with E-state index in [0.29, 0.717) is 11.5 Å². The van der Waals surface area contributed by atoms with E-state index in [1.807, 2.05) is 23.7 Å². The lowest BCUT2D eigenvalue weighted by molar-refractivity contribution is 0.0558. The number of carbonyl (C=O) groups is 2.